The maximum atomic E-state index is 12.6. The topological polar surface area (TPSA) is 55.4 Å². The standard InChI is InChI=1S/C22H21NO3S/c1-13-6-9-16(10-7-13)20(24)23-21-19(22(25)26-4)18(12-27-21)17-11-14(2)5-8-15(17)3/h5-12H,1-4H3,(H,23,24). The monoisotopic (exact) mass is 379 g/mol. The summed E-state index contributed by atoms with van der Waals surface area (Å²) in [6.07, 6.45) is 0. The third-order valence-electron chi connectivity index (χ3n) is 4.40. The first kappa shape index (κ1) is 18.9. The van der Waals surface area contributed by atoms with E-state index in [1.807, 2.05) is 56.5 Å². The molecule has 2 aromatic carbocycles. The van der Waals surface area contributed by atoms with Crippen molar-refractivity contribution in [2.24, 2.45) is 0 Å². The number of hydrogen-bond donors (Lipinski definition) is 1. The number of nitrogens with one attached hydrogen (secondary N) is 1. The van der Waals surface area contributed by atoms with Crippen molar-refractivity contribution in [1.29, 1.82) is 0 Å². The summed E-state index contributed by atoms with van der Waals surface area (Å²) in [4.78, 5) is 25.1. The van der Waals surface area contributed by atoms with Crippen LogP contribution >= 0.6 is 11.3 Å². The van der Waals surface area contributed by atoms with Gasteiger partial charge in [0, 0.05) is 16.5 Å². The van der Waals surface area contributed by atoms with Crippen molar-refractivity contribution < 1.29 is 14.3 Å². The first-order chi connectivity index (χ1) is 12.9. The van der Waals surface area contributed by atoms with E-state index in [0.29, 0.717) is 16.1 Å². The van der Waals surface area contributed by atoms with Crippen molar-refractivity contribution in [3.8, 4) is 11.1 Å². The van der Waals surface area contributed by atoms with Crippen molar-refractivity contribution >= 4 is 28.2 Å². The van der Waals surface area contributed by atoms with E-state index < -0.39 is 5.97 Å². The van der Waals surface area contributed by atoms with E-state index >= 15 is 0 Å². The molecule has 3 aromatic rings. The molecule has 138 valence electrons. The predicted molar refractivity (Wildman–Crippen MR) is 110 cm³/mol. The van der Waals surface area contributed by atoms with Gasteiger partial charge in [-0.1, -0.05) is 41.5 Å². The van der Waals surface area contributed by atoms with Crippen LogP contribution in [0.4, 0.5) is 5.00 Å². The summed E-state index contributed by atoms with van der Waals surface area (Å²) in [5.74, 6) is -0.721. The van der Waals surface area contributed by atoms with Gasteiger partial charge in [-0.3, -0.25) is 4.79 Å². The zero-order valence-corrected chi connectivity index (χ0v) is 16.6. The van der Waals surface area contributed by atoms with Gasteiger partial charge in [0.25, 0.3) is 5.91 Å². The van der Waals surface area contributed by atoms with E-state index in [4.69, 9.17) is 4.74 Å². The average molecular weight is 379 g/mol. The summed E-state index contributed by atoms with van der Waals surface area (Å²) < 4.78 is 4.99. The van der Waals surface area contributed by atoms with Gasteiger partial charge in [0.05, 0.1) is 7.11 Å². The van der Waals surface area contributed by atoms with Crippen molar-refractivity contribution in [3.63, 3.8) is 0 Å². The number of hydrogen-bond acceptors (Lipinski definition) is 4. The van der Waals surface area contributed by atoms with Crippen LogP contribution in [0.5, 0.6) is 0 Å². The van der Waals surface area contributed by atoms with Gasteiger partial charge >= 0.3 is 5.97 Å². The van der Waals surface area contributed by atoms with Gasteiger partial charge in [-0.25, -0.2) is 4.79 Å². The number of thiophene rings is 1. The third kappa shape index (κ3) is 3.93. The fourth-order valence-electron chi connectivity index (χ4n) is 2.86. The number of ether oxygens (including phenoxy) is 1. The largest absolute Gasteiger partial charge is 0.465 e. The van der Waals surface area contributed by atoms with Gasteiger partial charge in [-0.15, -0.1) is 11.3 Å². The number of methoxy groups -OCH3 is 1. The molecule has 0 aliphatic carbocycles. The minimum absolute atomic E-state index is 0.255. The molecule has 0 atom stereocenters. The molecule has 0 bridgehead atoms. The quantitative estimate of drug-likeness (QED) is 0.619. The second kappa shape index (κ2) is 7.76. The summed E-state index contributed by atoms with van der Waals surface area (Å²) in [6.45, 7) is 5.97. The fourth-order valence-corrected chi connectivity index (χ4v) is 3.80. The first-order valence-corrected chi connectivity index (χ1v) is 9.44. The minimum atomic E-state index is -0.466. The molecule has 1 N–H and O–H groups in total. The molecule has 3 rings (SSSR count). The van der Waals surface area contributed by atoms with Gasteiger partial charge in [0.1, 0.15) is 10.6 Å². The van der Waals surface area contributed by atoms with Crippen LogP contribution in [-0.2, 0) is 4.74 Å². The molecule has 4 nitrogen and oxygen atoms in total. The van der Waals surface area contributed by atoms with Crippen LogP contribution in [-0.4, -0.2) is 19.0 Å². The molecular formula is C22H21NO3S. The number of esters is 1. The number of amides is 1. The molecule has 0 spiro atoms. The Morgan fingerprint density at radius 2 is 1.59 bits per heavy atom. The lowest BCUT2D eigenvalue weighted by molar-refractivity contribution is 0.0603. The average Bonchev–Trinajstić information content (AvgIpc) is 3.06. The number of aryl methyl sites for hydroxylation is 3. The molecule has 1 heterocycles. The highest BCUT2D eigenvalue weighted by atomic mass is 32.1. The lowest BCUT2D eigenvalue weighted by Crippen LogP contribution is -2.14. The normalized spacial score (nSPS) is 10.5. The molecule has 0 saturated heterocycles. The molecule has 0 fully saturated rings. The van der Waals surface area contributed by atoms with Gasteiger partial charge in [0.15, 0.2) is 0 Å². The lowest BCUT2D eigenvalue weighted by Gasteiger charge is -2.10. The summed E-state index contributed by atoms with van der Waals surface area (Å²) in [5, 5.41) is 5.24. The molecule has 0 saturated carbocycles. The highest BCUT2D eigenvalue weighted by molar-refractivity contribution is 7.15. The maximum absolute atomic E-state index is 12.6. The van der Waals surface area contributed by atoms with Crippen LogP contribution in [0, 0.1) is 20.8 Å². The molecule has 0 aliphatic heterocycles. The Kier molecular flexibility index (Phi) is 5.42. The molecule has 0 radical (unpaired) electrons. The second-order valence-electron chi connectivity index (χ2n) is 6.48. The van der Waals surface area contributed by atoms with Crippen LogP contribution in [0.2, 0.25) is 0 Å². The number of carbonyl (C=O) groups excluding carboxylic acids is 2. The first-order valence-electron chi connectivity index (χ1n) is 8.56. The van der Waals surface area contributed by atoms with Gasteiger partial charge in [0.2, 0.25) is 0 Å². The van der Waals surface area contributed by atoms with Crippen LogP contribution in [0.15, 0.2) is 47.8 Å². The molecule has 0 unspecified atom stereocenters. The zero-order chi connectivity index (χ0) is 19.6. The Balaban J connectivity index is 2.02. The van der Waals surface area contributed by atoms with Gasteiger partial charge in [-0.2, -0.15) is 0 Å². The number of rotatable bonds is 4. The Bertz CT molecular complexity index is 1000. The molecule has 27 heavy (non-hydrogen) atoms. The fraction of sp³-hybridized carbons (Fsp3) is 0.182. The molecular weight excluding hydrogens is 358 g/mol. The van der Waals surface area contributed by atoms with Crippen molar-refractivity contribution in [2.75, 3.05) is 12.4 Å². The van der Waals surface area contributed by atoms with E-state index in [1.165, 1.54) is 18.4 Å². The summed E-state index contributed by atoms with van der Waals surface area (Å²) in [7, 11) is 1.35. The molecule has 1 aromatic heterocycles. The summed E-state index contributed by atoms with van der Waals surface area (Å²) in [5.41, 5.74) is 5.89. The lowest BCUT2D eigenvalue weighted by atomic mass is 9.97. The SMILES string of the molecule is COC(=O)c1c(-c2cc(C)ccc2C)csc1NC(=O)c1ccc(C)cc1. The highest BCUT2D eigenvalue weighted by Gasteiger charge is 2.23. The highest BCUT2D eigenvalue weighted by Crippen LogP contribution is 2.38. The summed E-state index contributed by atoms with van der Waals surface area (Å²) >= 11 is 1.32. The second-order valence-corrected chi connectivity index (χ2v) is 7.36. The van der Waals surface area contributed by atoms with Gasteiger partial charge in [-0.05, 0) is 44.0 Å². The molecule has 5 heteroatoms. The maximum Gasteiger partial charge on any atom is 0.341 e. The zero-order valence-electron chi connectivity index (χ0n) is 15.8. The predicted octanol–water partition coefficient (Wildman–Crippen LogP) is 5.38. The number of benzene rings is 2. The smallest absolute Gasteiger partial charge is 0.341 e. The van der Waals surface area contributed by atoms with Crippen LogP contribution in [0.25, 0.3) is 11.1 Å². The van der Waals surface area contributed by atoms with Gasteiger partial charge < -0.3 is 10.1 Å². The van der Waals surface area contributed by atoms with Crippen LogP contribution in [0.1, 0.15) is 37.4 Å². The van der Waals surface area contributed by atoms with E-state index in [9.17, 15) is 9.59 Å². The van der Waals surface area contributed by atoms with Crippen LogP contribution < -0.4 is 5.32 Å². The Morgan fingerprint density at radius 1 is 0.926 bits per heavy atom. The number of anilines is 1. The van der Waals surface area contributed by atoms with Crippen molar-refractivity contribution in [2.45, 2.75) is 20.8 Å². The Hall–Kier alpha value is -2.92. The van der Waals surface area contributed by atoms with Crippen molar-refractivity contribution in [1.82, 2.24) is 0 Å². The van der Waals surface area contributed by atoms with E-state index in [1.54, 1.807) is 12.1 Å². The molecule has 1 amide bonds. The van der Waals surface area contributed by atoms with E-state index in [0.717, 1.165) is 27.8 Å². The Morgan fingerprint density at radius 3 is 2.26 bits per heavy atom. The molecule has 0 aliphatic rings. The third-order valence-corrected chi connectivity index (χ3v) is 5.30. The Labute approximate surface area is 162 Å². The summed E-state index contributed by atoms with van der Waals surface area (Å²) in [6, 6.07) is 13.4. The minimum Gasteiger partial charge on any atom is -0.465 e. The van der Waals surface area contributed by atoms with Crippen LogP contribution in [0.3, 0.4) is 0 Å². The van der Waals surface area contributed by atoms with Crippen molar-refractivity contribution in [3.05, 3.63) is 75.7 Å². The van der Waals surface area contributed by atoms with E-state index in [-0.39, 0.29) is 5.91 Å². The van der Waals surface area contributed by atoms with E-state index in [2.05, 4.69) is 5.32 Å². The number of carbonyl (C=O) groups is 2.